The van der Waals surface area contributed by atoms with E-state index in [-0.39, 0.29) is 23.6 Å². The van der Waals surface area contributed by atoms with Crippen LogP contribution in [-0.2, 0) is 16.6 Å². The maximum atomic E-state index is 12.4. The van der Waals surface area contributed by atoms with Gasteiger partial charge in [0.2, 0.25) is 10.0 Å². The van der Waals surface area contributed by atoms with Crippen LogP contribution in [0.3, 0.4) is 0 Å². The van der Waals surface area contributed by atoms with E-state index in [1.807, 2.05) is 13.8 Å². The quantitative estimate of drug-likeness (QED) is 0.875. The van der Waals surface area contributed by atoms with Gasteiger partial charge in [-0.15, -0.1) is 0 Å². The molecule has 1 aliphatic carbocycles. The van der Waals surface area contributed by atoms with Crippen LogP contribution in [0.4, 0.5) is 0 Å². The van der Waals surface area contributed by atoms with Crippen molar-refractivity contribution in [1.82, 2.24) is 9.29 Å². The lowest BCUT2D eigenvalue weighted by Gasteiger charge is -2.22. The molecule has 0 unspecified atom stereocenters. The third kappa shape index (κ3) is 3.42. The first-order valence-electron chi connectivity index (χ1n) is 7.28. The van der Waals surface area contributed by atoms with Gasteiger partial charge in [0.05, 0.1) is 11.5 Å². The van der Waals surface area contributed by atoms with Crippen molar-refractivity contribution in [1.29, 1.82) is 0 Å². The number of rotatable bonds is 5. The summed E-state index contributed by atoms with van der Waals surface area (Å²) in [6.45, 7) is 3.77. The van der Waals surface area contributed by atoms with E-state index in [1.165, 1.54) is 6.42 Å². The monoisotopic (exact) mass is 300 g/mol. The van der Waals surface area contributed by atoms with Crippen molar-refractivity contribution >= 4 is 10.0 Å². The van der Waals surface area contributed by atoms with Crippen molar-refractivity contribution in [3.05, 3.63) is 18.0 Å². The topological polar surface area (TPSA) is 71.3 Å². The van der Waals surface area contributed by atoms with Crippen LogP contribution in [0.25, 0.3) is 0 Å². The maximum Gasteiger partial charge on any atom is 0.242 e. The third-order valence-corrected chi connectivity index (χ3v) is 5.35. The number of sulfonamides is 1. The fraction of sp³-hybridized carbons (Fsp3) is 0.714. The molecule has 114 valence electrons. The summed E-state index contributed by atoms with van der Waals surface area (Å²) in [6, 6.07) is 1.73. The van der Waals surface area contributed by atoms with E-state index in [0.29, 0.717) is 5.69 Å². The second-order valence-corrected chi connectivity index (χ2v) is 7.50. The fourth-order valence-electron chi connectivity index (χ4n) is 2.76. The molecule has 0 atom stereocenters. The van der Waals surface area contributed by atoms with Gasteiger partial charge in [0.25, 0.3) is 0 Å². The number of aliphatic hydroxyl groups excluding tert-OH is 1. The van der Waals surface area contributed by atoms with Gasteiger partial charge in [-0.2, -0.15) is 0 Å². The minimum absolute atomic E-state index is 0.0497. The largest absolute Gasteiger partial charge is 0.390 e. The minimum Gasteiger partial charge on any atom is -0.390 e. The Labute approximate surface area is 121 Å². The predicted molar refractivity (Wildman–Crippen MR) is 77.9 cm³/mol. The Kier molecular flexibility index (Phi) is 4.88. The standard InChI is InChI=1S/C14H24N2O3S/c1-11(2)16-9-14(8-13(16)10-17)20(18,19)15-12-6-4-3-5-7-12/h8-9,11-12,15,17H,3-7,10H2,1-2H3. The summed E-state index contributed by atoms with van der Waals surface area (Å²) in [5.41, 5.74) is 0.629. The zero-order valence-corrected chi connectivity index (χ0v) is 13.0. The zero-order valence-electron chi connectivity index (χ0n) is 12.2. The molecule has 0 amide bonds. The van der Waals surface area contributed by atoms with E-state index in [4.69, 9.17) is 0 Å². The molecule has 2 N–H and O–H groups in total. The van der Waals surface area contributed by atoms with Crippen LogP contribution >= 0.6 is 0 Å². The maximum absolute atomic E-state index is 12.4. The number of nitrogens with zero attached hydrogens (tertiary/aromatic N) is 1. The second kappa shape index (κ2) is 6.28. The molecule has 6 heteroatoms. The van der Waals surface area contributed by atoms with E-state index < -0.39 is 10.0 Å². The summed E-state index contributed by atoms with van der Waals surface area (Å²) in [7, 11) is -3.49. The van der Waals surface area contributed by atoms with Crippen LogP contribution in [0, 0.1) is 0 Å². The average Bonchev–Trinajstić information content (AvgIpc) is 2.84. The first kappa shape index (κ1) is 15.5. The van der Waals surface area contributed by atoms with Crippen molar-refractivity contribution in [3.8, 4) is 0 Å². The lowest BCUT2D eigenvalue weighted by atomic mass is 9.96. The van der Waals surface area contributed by atoms with Gasteiger partial charge in [0.15, 0.2) is 0 Å². The molecule has 1 aromatic heterocycles. The molecular weight excluding hydrogens is 276 g/mol. The van der Waals surface area contributed by atoms with Gasteiger partial charge in [0, 0.05) is 24.0 Å². The normalized spacial score (nSPS) is 17.8. The van der Waals surface area contributed by atoms with Gasteiger partial charge < -0.3 is 9.67 Å². The Bertz CT molecular complexity index is 543. The molecule has 0 radical (unpaired) electrons. The van der Waals surface area contributed by atoms with Gasteiger partial charge >= 0.3 is 0 Å². The number of hydrogen-bond acceptors (Lipinski definition) is 3. The molecule has 0 spiro atoms. The highest BCUT2D eigenvalue weighted by molar-refractivity contribution is 7.89. The van der Waals surface area contributed by atoms with Crippen LogP contribution in [-0.4, -0.2) is 24.1 Å². The Morgan fingerprint density at radius 3 is 2.50 bits per heavy atom. The number of hydrogen-bond donors (Lipinski definition) is 2. The van der Waals surface area contributed by atoms with Gasteiger partial charge in [-0.3, -0.25) is 0 Å². The minimum atomic E-state index is -3.49. The molecule has 2 rings (SSSR count). The molecule has 20 heavy (non-hydrogen) atoms. The van der Waals surface area contributed by atoms with E-state index >= 15 is 0 Å². The van der Waals surface area contributed by atoms with Gasteiger partial charge in [-0.05, 0) is 32.8 Å². The Balaban J connectivity index is 2.20. The van der Waals surface area contributed by atoms with E-state index in [2.05, 4.69) is 4.72 Å². The Morgan fingerprint density at radius 2 is 2.00 bits per heavy atom. The molecule has 1 fully saturated rings. The van der Waals surface area contributed by atoms with Crippen molar-refractivity contribution in [2.75, 3.05) is 0 Å². The summed E-state index contributed by atoms with van der Waals surface area (Å²) in [4.78, 5) is 0.251. The first-order valence-corrected chi connectivity index (χ1v) is 8.76. The van der Waals surface area contributed by atoms with Crippen molar-refractivity contribution in [2.45, 2.75) is 69.5 Å². The zero-order chi connectivity index (χ0) is 14.8. The third-order valence-electron chi connectivity index (χ3n) is 3.86. The second-order valence-electron chi connectivity index (χ2n) is 5.78. The van der Waals surface area contributed by atoms with E-state index in [9.17, 15) is 13.5 Å². The average molecular weight is 300 g/mol. The van der Waals surface area contributed by atoms with Crippen molar-refractivity contribution < 1.29 is 13.5 Å². The molecule has 1 aromatic rings. The molecule has 0 bridgehead atoms. The number of aromatic nitrogens is 1. The van der Waals surface area contributed by atoms with E-state index in [1.54, 1.807) is 16.8 Å². The lowest BCUT2D eigenvalue weighted by Crippen LogP contribution is -2.36. The fourth-order valence-corrected chi connectivity index (χ4v) is 4.11. The lowest BCUT2D eigenvalue weighted by molar-refractivity contribution is 0.268. The van der Waals surface area contributed by atoms with Crippen LogP contribution in [0.5, 0.6) is 0 Å². The molecule has 5 nitrogen and oxygen atoms in total. The predicted octanol–water partition coefficient (Wildman–Crippen LogP) is 2.17. The molecule has 0 saturated heterocycles. The van der Waals surface area contributed by atoms with Crippen LogP contribution in [0.2, 0.25) is 0 Å². The van der Waals surface area contributed by atoms with E-state index in [0.717, 1.165) is 25.7 Å². The van der Waals surface area contributed by atoms with Gasteiger partial charge in [0.1, 0.15) is 0 Å². The summed E-state index contributed by atoms with van der Waals surface area (Å²) >= 11 is 0. The summed E-state index contributed by atoms with van der Waals surface area (Å²) in [5, 5.41) is 9.33. The van der Waals surface area contributed by atoms with Crippen molar-refractivity contribution in [2.24, 2.45) is 0 Å². The molecule has 1 heterocycles. The highest BCUT2D eigenvalue weighted by Gasteiger charge is 2.24. The molecule has 1 aliphatic rings. The SMILES string of the molecule is CC(C)n1cc(S(=O)(=O)NC2CCCCC2)cc1CO. The highest BCUT2D eigenvalue weighted by atomic mass is 32.2. The summed E-state index contributed by atoms with van der Waals surface area (Å²) in [5.74, 6) is 0. The van der Waals surface area contributed by atoms with Gasteiger partial charge in [-0.1, -0.05) is 19.3 Å². The molecule has 0 aromatic carbocycles. The van der Waals surface area contributed by atoms with Crippen molar-refractivity contribution in [3.63, 3.8) is 0 Å². The Hall–Kier alpha value is -0.850. The smallest absolute Gasteiger partial charge is 0.242 e. The van der Waals surface area contributed by atoms with Crippen LogP contribution < -0.4 is 4.72 Å². The number of nitrogens with one attached hydrogen (secondary N) is 1. The first-order chi connectivity index (χ1) is 9.44. The molecule has 0 aliphatic heterocycles. The summed E-state index contributed by atoms with van der Waals surface area (Å²) < 4.78 is 29.4. The van der Waals surface area contributed by atoms with Gasteiger partial charge in [-0.25, -0.2) is 13.1 Å². The molecular formula is C14H24N2O3S. The van der Waals surface area contributed by atoms with Crippen LogP contribution in [0.1, 0.15) is 57.7 Å². The Morgan fingerprint density at radius 1 is 1.35 bits per heavy atom. The highest BCUT2D eigenvalue weighted by Crippen LogP contribution is 2.22. The summed E-state index contributed by atoms with van der Waals surface area (Å²) in [6.07, 6.45) is 6.80. The number of aliphatic hydroxyl groups is 1. The van der Waals surface area contributed by atoms with Crippen LogP contribution in [0.15, 0.2) is 17.2 Å². The molecule has 1 saturated carbocycles.